The third kappa shape index (κ3) is 2.86. The van der Waals surface area contributed by atoms with Crippen molar-refractivity contribution in [3.63, 3.8) is 0 Å². The number of H-pyrrole nitrogens is 1. The average molecular weight is 332 g/mol. The van der Waals surface area contributed by atoms with E-state index in [1.54, 1.807) is 5.56 Å². The Balaban J connectivity index is 1.30. The Bertz CT molecular complexity index is 870. The summed E-state index contributed by atoms with van der Waals surface area (Å²) in [6, 6.07) is 13.7. The summed E-state index contributed by atoms with van der Waals surface area (Å²) in [4.78, 5) is 13.1. The fourth-order valence-corrected chi connectivity index (χ4v) is 4.46. The van der Waals surface area contributed by atoms with Crippen LogP contribution in [0.4, 0.5) is 0 Å². The van der Waals surface area contributed by atoms with E-state index in [4.69, 9.17) is 0 Å². The predicted octanol–water partition coefficient (Wildman–Crippen LogP) is 2.85. The van der Waals surface area contributed by atoms with Gasteiger partial charge in [-0.15, -0.1) is 0 Å². The Morgan fingerprint density at radius 1 is 1.08 bits per heavy atom. The number of piperazine rings is 1. The van der Waals surface area contributed by atoms with Crippen LogP contribution in [0.1, 0.15) is 16.8 Å². The standard InChI is InChI=1S/C21H24N4/c1-2-4-20-18(3-1)19-13-17-14-24(10-7-16-5-8-22-9-6-16)11-12-25(17)15-21(19)23-20/h1-6,8-9,17,23H,7,10-15H2. The minimum Gasteiger partial charge on any atom is -0.357 e. The zero-order valence-corrected chi connectivity index (χ0v) is 14.5. The number of para-hydroxylation sites is 1. The molecule has 3 aromatic rings. The number of hydrogen-bond donors (Lipinski definition) is 1. The van der Waals surface area contributed by atoms with Crippen LogP contribution in [0.2, 0.25) is 0 Å². The van der Waals surface area contributed by atoms with Gasteiger partial charge >= 0.3 is 0 Å². The first-order valence-electron chi connectivity index (χ1n) is 9.30. The van der Waals surface area contributed by atoms with Gasteiger partial charge in [-0.1, -0.05) is 18.2 Å². The molecule has 0 radical (unpaired) electrons. The molecule has 25 heavy (non-hydrogen) atoms. The van der Waals surface area contributed by atoms with Gasteiger partial charge < -0.3 is 9.88 Å². The van der Waals surface area contributed by atoms with E-state index in [9.17, 15) is 0 Å². The molecule has 0 aliphatic carbocycles. The van der Waals surface area contributed by atoms with Gasteiger partial charge in [-0.05, 0) is 42.2 Å². The van der Waals surface area contributed by atoms with Gasteiger partial charge in [0.1, 0.15) is 0 Å². The molecule has 4 heterocycles. The second-order valence-corrected chi connectivity index (χ2v) is 7.36. The van der Waals surface area contributed by atoms with Gasteiger partial charge in [0.25, 0.3) is 0 Å². The van der Waals surface area contributed by atoms with Crippen molar-refractivity contribution in [3.05, 3.63) is 65.6 Å². The zero-order chi connectivity index (χ0) is 16.6. The summed E-state index contributed by atoms with van der Waals surface area (Å²) in [5, 5.41) is 1.42. The molecular weight excluding hydrogens is 308 g/mol. The van der Waals surface area contributed by atoms with Crippen LogP contribution in [-0.4, -0.2) is 52.0 Å². The molecule has 2 aliphatic heterocycles. The van der Waals surface area contributed by atoms with Gasteiger partial charge in [0.15, 0.2) is 0 Å². The summed E-state index contributed by atoms with van der Waals surface area (Å²) in [6.45, 7) is 5.76. The number of pyridine rings is 1. The third-order valence-corrected chi connectivity index (χ3v) is 5.86. The van der Waals surface area contributed by atoms with Crippen LogP contribution >= 0.6 is 0 Å². The predicted molar refractivity (Wildman–Crippen MR) is 101 cm³/mol. The number of hydrogen-bond acceptors (Lipinski definition) is 3. The lowest BCUT2D eigenvalue weighted by molar-refractivity contribution is 0.0607. The van der Waals surface area contributed by atoms with E-state index in [-0.39, 0.29) is 0 Å². The summed E-state index contributed by atoms with van der Waals surface area (Å²) in [5.41, 5.74) is 5.66. The first-order chi connectivity index (χ1) is 12.4. The smallest absolute Gasteiger partial charge is 0.0459 e. The second kappa shape index (κ2) is 6.28. The lowest BCUT2D eigenvalue weighted by atomic mass is 9.94. The molecule has 4 heteroatoms. The van der Waals surface area contributed by atoms with Gasteiger partial charge in [0, 0.05) is 67.8 Å². The Kier molecular flexibility index (Phi) is 3.80. The van der Waals surface area contributed by atoms with Gasteiger partial charge in [0.2, 0.25) is 0 Å². The molecule has 128 valence electrons. The number of aromatic amines is 1. The molecule has 0 saturated carbocycles. The van der Waals surface area contributed by atoms with E-state index in [2.05, 4.69) is 56.2 Å². The van der Waals surface area contributed by atoms with Gasteiger partial charge in [-0.3, -0.25) is 9.88 Å². The van der Waals surface area contributed by atoms with Crippen molar-refractivity contribution >= 4 is 10.9 Å². The Morgan fingerprint density at radius 3 is 2.88 bits per heavy atom. The maximum atomic E-state index is 4.11. The van der Waals surface area contributed by atoms with Crippen molar-refractivity contribution < 1.29 is 0 Å². The van der Waals surface area contributed by atoms with Crippen molar-refractivity contribution in [3.8, 4) is 0 Å². The van der Waals surface area contributed by atoms with E-state index in [1.807, 2.05) is 12.4 Å². The monoisotopic (exact) mass is 332 g/mol. The molecule has 0 amide bonds. The van der Waals surface area contributed by atoms with Gasteiger partial charge in [-0.2, -0.15) is 0 Å². The molecule has 4 nitrogen and oxygen atoms in total. The van der Waals surface area contributed by atoms with Crippen molar-refractivity contribution in [1.82, 2.24) is 19.8 Å². The van der Waals surface area contributed by atoms with Crippen LogP contribution in [0.3, 0.4) is 0 Å². The minimum atomic E-state index is 0.651. The molecule has 1 N–H and O–H groups in total. The van der Waals surface area contributed by atoms with Crippen molar-refractivity contribution in [2.24, 2.45) is 0 Å². The molecule has 1 unspecified atom stereocenters. The fourth-order valence-electron chi connectivity index (χ4n) is 4.46. The number of benzene rings is 1. The summed E-state index contributed by atoms with van der Waals surface area (Å²) >= 11 is 0. The summed E-state index contributed by atoms with van der Waals surface area (Å²) < 4.78 is 0. The first kappa shape index (κ1) is 15.1. The Hall–Kier alpha value is -2.17. The summed E-state index contributed by atoms with van der Waals surface area (Å²) in [5.74, 6) is 0. The van der Waals surface area contributed by atoms with E-state index in [0.717, 1.165) is 19.5 Å². The minimum absolute atomic E-state index is 0.651. The quantitative estimate of drug-likeness (QED) is 0.801. The Labute approximate surface area is 148 Å². The topological polar surface area (TPSA) is 35.2 Å². The maximum absolute atomic E-state index is 4.11. The fraction of sp³-hybridized carbons (Fsp3) is 0.381. The van der Waals surface area contributed by atoms with Crippen molar-refractivity contribution in [1.29, 1.82) is 0 Å². The summed E-state index contributed by atoms with van der Waals surface area (Å²) in [7, 11) is 0. The molecule has 1 saturated heterocycles. The zero-order valence-electron chi connectivity index (χ0n) is 14.5. The Morgan fingerprint density at radius 2 is 1.96 bits per heavy atom. The lowest BCUT2D eigenvalue weighted by Crippen LogP contribution is -2.55. The number of nitrogens with one attached hydrogen (secondary N) is 1. The molecule has 0 spiro atoms. The van der Waals surface area contributed by atoms with Crippen molar-refractivity contribution in [2.75, 3.05) is 26.2 Å². The van der Waals surface area contributed by atoms with Crippen LogP contribution in [-0.2, 0) is 19.4 Å². The number of fused-ring (bicyclic) bond motifs is 4. The highest BCUT2D eigenvalue weighted by Crippen LogP contribution is 2.31. The van der Waals surface area contributed by atoms with Crippen LogP contribution in [0.25, 0.3) is 10.9 Å². The van der Waals surface area contributed by atoms with E-state index in [1.165, 1.54) is 48.2 Å². The highest BCUT2D eigenvalue weighted by Gasteiger charge is 2.32. The second-order valence-electron chi connectivity index (χ2n) is 7.36. The average Bonchev–Trinajstić information content (AvgIpc) is 3.03. The molecular formula is C21H24N4. The SMILES string of the molecule is c1ccc2c3c([nH]c2c1)CN1CCN(CCc2ccncc2)CC1C3. The van der Waals surface area contributed by atoms with Crippen LogP contribution in [0.15, 0.2) is 48.8 Å². The van der Waals surface area contributed by atoms with E-state index < -0.39 is 0 Å². The van der Waals surface area contributed by atoms with E-state index in [0.29, 0.717) is 6.04 Å². The van der Waals surface area contributed by atoms with Gasteiger partial charge in [0.05, 0.1) is 0 Å². The molecule has 1 aromatic carbocycles. The lowest BCUT2D eigenvalue weighted by Gasteiger charge is -2.44. The van der Waals surface area contributed by atoms with E-state index >= 15 is 0 Å². The molecule has 0 bridgehead atoms. The van der Waals surface area contributed by atoms with Crippen molar-refractivity contribution in [2.45, 2.75) is 25.4 Å². The highest BCUT2D eigenvalue weighted by atomic mass is 15.3. The number of rotatable bonds is 3. The molecule has 1 fully saturated rings. The van der Waals surface area contributed by atoms with Crippen LogP contribution in [0.5, 0.6) is 0 Å². The third-order valence-electron chi connectivity index (χ3n) is 5.86. The number of nitrogens with zero attached hydrogens (tertiary/aromatic N) is 3. The highest BCUT2D eigenvalue weighted by molar-refractivity contribution is 5.84. The van der Waals surface area contributed by atoms with Crippen LogP contribution in [0, 0.1) is 0 Å². The normalized spacial score (nSPS) is 21.2. The molecule has 2 aliphatic rings. The molecule has 1 atom stereocenters. The summed E-state index contributed by atoms with van der Waals surface area (Å²) in [6.07, 6.45) is 6.08. The molecule has 2 aromatic heterocycles. The maximum Gasteiger partial charge on any atom is 0.0459 e. The van der Waals surface area contributed by atoms with Crippen LogP contribution < -0.4 is 0 Å². The first-order valence-corrected chi connectivity index (χ1v) is 9.30. The largest absolute Gasteiger partial charge is 0.357 e. The van der Waals surface area contributed by atoms with Gasteiger partial charge in [-0.25, -0.2) is 0 Å². The number of aromatic nitrogens is 2. The molecule has 5 rings (SSSR count).